The molecule has 17 heteroatoms. The minimum absolute atomic E-state index is 0.566. The summed E-state index contributed by atoms with van der Waals surface area (Å²) in [7, 11) is -18.3. The standard InChI is InChI=1S/C17H44O11P2Si4/c1-31(2,3)25-16(14-23-29(19,20)21)17(26-32(4,5)6)15(18)13-24-30(22,27-33(7,8)9)28-34(10,11)12/h16-17H,13-14H2,1-12H3,(H2,19,20,21)/t16-,17+/m1/s1. The van der Waals surface area contributed by atoms with Crippen molar-refractivity contribution in [2.24, 2.45) is 0 Å². The van der Waals surface area contributed by atoms with Crippen LogP contribution in [0.25, 0.3) is 0 Å². The third kappa shape index (κ3) is 18.0. The van der Waals surface area contributed by atoms with Gasteiger partial charge in [0.1, 0.15) is 18.8 Å². The Morgan fingerprint density at radius 1 is 0.706 bits per heavy atom. The zero-order chi connectivity index (χ0) is 27.4. The SMILES string of the molecule is C[Si](C)(C)O[C@H](COP(=O)(O)O)[C@@H](O[Si](C)(C)C)C(=O)COP(=O)(O[Si](C)(C)C)O[Si](C)(C)C. The molecule has 0 aromatic carbocycles. The molecule has 0 aromatic heterocycles. The number of carbonyl (C=O) groups excluding carboxylic acids is 1. The maximum Gasteiger partial charge on any atom is 0.469 e. The van der Waals surface area contributed by atoms with Gasteiger partial charge in [-0.2, -0.15) is 0 Å². The van der Waals surface area contributed by atoms with Gasteiger partial charge in [-0.05, 0) is 78.6 Å². The smallest absolute Gasteiger partial charge is 0.409 e. The minimum Gasteiger partial charge on any atom is -0.409 e. The molecule has 0 saturated carbocycles. The molecule has 0 aliphatic carbocycles. The lowest BCUT2D eigenvalue weighted by Gasteiger charge is -2.35. The highest BCUT2D eigenvalue weighted by atomic mass is 31.2. The molecule has 34 heavy (non-hydrogen) atoms. The number of rotatable bonds is 16. The molecule has 0 spiro atoms. The molecule has 11 nitrogen and oxygen atoms in total. The van der Waals surface area contributed by atoms with E-state index in [9.17, 15) is 23.7 Å². The number of carbonyl (C=O) groups is 1. The molecular formula is C17H44O11P2Si4. The number of phosphoric ester groups is 1. The van der Waals surface area contributed by atoms with Crippen molar-refractivity contribution in [3.63, 3.8) is 0 Å². The Labute approximate surface area is 208 Å². The van der Waals surface area contributed by atoms with E-state index < -0.39 is 80.1 Å². The first-order valence-corrected chi connectivity index (χ1v) is 27.6. The van der Waals surface area contributed by atoms with Crippen molar-refractivity contribution in [2.45, 2.75) is 90.8 Å². The Bertz CT molecular complexity index is 743. The molecule has 0 rings (SSSR count). The van der Waals surface area contributed by atoms with E-state index in [2.05, 4.69) is 4.52 Å². The second kappa shape index (κ2) is 12.5. The monoisotopic (exact) mass is 598 g/mol. The minimum atomic E-state index is -4.82. The number of ketones is 1. The molecule has 204 valence electrons. The van der Waals surface area contributed by atoms with Crippen LogP contribution in [0.15, 0.2) is 0 Å². The molecule has 0 amide bonds. The fourth-order valence-corrected chi connectivity index (χ4v) is 11.5. The van der Waals surface area contributed by atoms with E-state index in [4.69, 9.17) is 21.8 Å². The third-order valence-corrected chi connectivity index (χ3v) is 12.3. The van der Waals surface area contributed by atoms with Gasteiger partial charge in [-0.3, -0.25) is 13.8 Å². The van der Waals surface area contributed by atoms with Crippen LogP contribution in [-0.4, -0.2) is 74.3 Å². The van der Waals surface area contributed by atoms with E-state index >= 15 is 0 Å². The van der Waals surface area contributed by atoms with Crippen LogP contribution in [0.3, 0.4) is 0 Å². The average molecular weight is 599 g/mol. The van der Waals surface area contributed by atoms with Crippen LogP contribution in [0.5, 0.6) is 0 Å². The molecule has 0 fully saturated rings. The lowest BCUT2D eigenvalue weighted by atomic mass is 10.1. The first-order chi connectivity index (χ1) is 14.7. The highest BCUT2D eigenvalue weighted by Gasteiger charge is 2.42. The van der Waals surface area contributed by atoms with Crippen molar-refractivity contribution in [1.82, 2.24) is 0 Å². The predicted octanol–water partition coefficient (Wildman–Crippen LogP) is 4.93. The quantitative estimate of drug-likeness (QED) is 0.184. The van der Waals surface area contributed by atoms with Gasteiger partial charge in [0.05, 0.1) is 6.61 Å². The Morgan fingerprint density at radius 2 is 1.12 bits per heavy atom. The Kier molecular flexibility index (Phi) is 12.7. The van der Waals surface area contributed by atoms with Crippen LogP contribution in [0.1, 0.15) is 0 Å². The molecule has 0 heterocycles. The normalized spacial score (nSPS) is 16.4. The lowest BCUT2D eigenvalue weighted by molar-refractivity contribution is -0.134. The Balaban J connectivity index is 5.98. The van der Waals surface area contributed by atoms with E-state index in [1.165, 1.54) is 0 Å². The first-order valence-electron chi connectivity index (χ1n) is 10.9. The molecule has 2 N–H and O–H groups in total. The number of hydrogen-bond donors (Lipinski definition) is 2. The third-order valence-electron chi connectivity index (χ3n) is 3.18. The number of phosphoric acid groups is 2. The highest BCUT2D eigenvalue weighted by Crippen LogP contribution is 2.54. The largest absolute Gasteiger partial charge is 0.469 e. The van der Waals surface area contributed by atoms with E-state index in [1.807, 2.05) is 78.6 Å². The van der Waals surface area contributed by atoms with Crippen molar-refractivity contribution >= 4 is 54.7 Å². The fraction of sp³-hybridized carbons (Fsp3) is 0.941. The zero-order valence-electron chi connectivity index (χ0n) is 22.5. The second-order valence-corrected chi connectivity index (χ2v) is 33.0. The van der Waals surface area contributed by atoms with Crippen molar-refractivity contribution in [3.05, 3.63) is 0 Å². The fourth-order valence-electron chi connectivity index (χ4n) is 2.50. The van der Waals surface area contributed by atoms with Gasteiger partial charge < -0.3 is 27.1 Å². The van der Waals surface area contributed by atoms with E-state index in [1.54, 1.807) is 0 Å². The molecule has 2 atom stereocenters. The van der Waals surface area contributed by atoms with Gasteiger partial charge in [-0.1, -0.05) is 0 Å². The summed E-state index contributed by atoms with van der Waals surface area (Å²) in [4.78, 5) is 31.7. The van der Waals surface area contributed by atoms with Gasteiger partial charge in [0, 0.05) is 0 Å². The molecular weight excluding hydrogens is 554 g/mol. The van der Waals surface area contributed by atoms with Crippen molar-refractivity contribution < 1.29 is 50.0 Å². The molecule has 0 saturated heterocycles. The van der Waals surface area contributed by atoms with Crippen LogP contribution in [-0.2, 0) is 40.2 Å². The summed E-state index contributed by atoms with van der Waals surface area (Å²) in [6.07, 6.45) is -2.35. The van der Waals surface area contributed by atoms with Crippen LogP contribution in [0.4, 0.5) is 0 Å². The van der Waals surface area contributed by atoms with E-state index in [0.717, 1.165) is 0 Å². The van der Waals surface area contributed by atoms with Crippen molar-refractivity contribution in [2.75, 3.05) is 13.2 Å². The highest BCUT2D eigenvalue weighted by molar-refractivity contribution is 7.52. The van der Waals surface area contributed by atoms with Crippen LogP contribution in [0.2, 0.25) is 78.6 Å². The predicted molar refractivity (Wildman–Crippen MR) is 142 cm³/mol. The number of Topliss-reactive ketones (excluding diaryl/α,β-unsaturated/α-hetero) is 1. The molecule has 0 aliphatic rings. The first kappa shape index (κ1) is 34.7. The molecule has 0 unspecified atom stereocenters. The Morgan fingerprint density at radius 3 is 1.44 bits per heavy atom. The summed E-state index contributed by atoms with van der Waals surface area (Å²) in [6.45, 7) is 20.9. The lowest BCUT2D eigenvalue weighted by Crippen LogP contribution is -2.51. The van der Waals surface area contributed by atoms with Crippen molar-refractivity contribution in [3.8, 4) is 0 Å². The second-order valence-electron chi connectivity index (χ2n) is 11.8. The van der Waals surface area contributed by atoms with Gasteiger partial charge in [-0.25, -0.2) is 9.13 Å². The van der Waals surface area contributed by atoms with Crippen molar-refractivity contribution in [1.29, 1.82) is 0 Å². The summed E-state index contributed by atoms with van der Waals surface area (Å²) >= 11 is 0. The van der Waals surface area contributed by atoms with Crippen LogP contribution >= 0.6 is 15.6 Å². The summed E-state index contributed by atoms with van der Waals surface area (Å²) in [5.41, 5.74) is 0. The summed E-state index contributed by atoms with van der Waals surface area (Å²) in [6, 6.07) is 0. The van der Waals surface area contributed by atoms with E-state index in [0.29, 0.717) is 0 Å². The molecule has 0 aliphatic heterocycles. The van der Waals surface area contributed by atoms with Gasteiger partial charge >= 0.3 is 15.6 Å². The van der Waals surface area contributed by atoms with Crippen LogP contribution in [0, 0.1) is 0 Å². The molecule has 0 bridgehead atoms. The van der Waals surface area contributed by atoms with Gasteiger partial charge in [0.2, 0.25) is 0 Å². The van der Waals surface area contributed by atoms with Crippen LogP contribution < -0.4 is 0 Å². The molecule has 0 aromatic rings. The average Bonchev–Trinajstić information content (AvgIpc) is 2.48. The van der Waals surface area contributed by atoms with Gasteiger partial charge in [0.25, 0.3) is 0 Å². The Hall–Kier alpha value is 0.678. The number of hydrogen-bond acceptors (Lipinski definition) is 9. The zero-order valence-corrected chi connectivity index (χ0v) is 28.3. The summed E-state index contributed by atoms with van der Waals surface area (Å²) in [5.74, 6) is -0.612. The summed E-state index contributed by atoms with van der Waals surface area (Å²) in [5, 5.41) is 0. The summed E-state index contributed by atoms with van der Waals surface area (Å²) < 4.78 is 58.4. The maximum absolute atomic E-state index is 13.4. The molecule has 0 radical (unpaired) electrons. The van der Waals surface area contributed by atoms with Gasteiger partial charge in [-0.15, -0.1) is 0 Å². The van der Waals surface area contributed by atoms with E-state index in [-0.39, 0.29) is 0 Å². The topological polar surface area (TPSA) is 147 Å². The van der Waals surface area contributed by atoms with Gasteiger partial charge in [0.15, 0.2) is 39.1 Å². The maximum atomic E-state index is 13.4.